The van der Waals surface area contributed by atoms with Crippen molar-refractivity contribution in [2.24, 2.45) is 11.7 Å². The van der Waals surface area contributed by atoms with Crippen molar-refractivity contribution in [1.29, 1.82) is 0 Å². The molecule has 35 heavy (non-hydrogen) atoms. The van der Waals surface area contributed by atoms with E-state index in [4.69, 9.17) is 15.2 Å². The Labute approximate surface area is 205 Å². The highest BCUT2D eigenvalue weighted by Gasteiger charge is 2.48. The number of carboxylic acid groups (broad SMARTS) is 1. The van der Waals surface area contributed by atoms with Gasteiger partial charge in [-0.3, -0.25) is 19.3 Å². The topological polar surface area (TPSA) is 126 Å². The van der Waals surface area contributed by atoms with Gasteiger partial charge in [-0.2, -0.15) is 0 Å². The molecule has 3 aliphatic heterocycles. The standard InChI is InChI=1S/C25H36N4O6/c1-2-3-9-27(11-8-26)23(31)15-29-13-18(17-6-7-20-21(12-17)35-16-34-20)24(25(32)33)19(29)14-28-10-4-5-22(28)30/h6-7,12,18-19,24H,2-5,8-11,13-16,26H2,1H3,(H,32,33)/t18-,19+,24-/m1/s1. The van der Waals surface area contributed by atoms with Crippen LogP contribution < -0.4 is 15.2 Å². The molecule has 2 fully saturated rings. The minimum Gasteiger partial charge on any atom is -0.481 e. The van der Waals surface area contributed by atoms with Crippen LogP contribution in [-0.2, 0) is 14.4 Å². The quantitative estimate of drug-likeness (QED) is 0.474. The average Bonchev–Trinajstić information content (AvgIpc) is 3.55. The normalized spacial score (nSPS) is 23.8. The summed E-state index contributed by atoms with van der Waals surface area (Å²) in [5, 5.41) is 10.3. The van der Waals surface area contributed by atoms with Crippen LogP contribution in [-0.4, -0.2) is 96.2 Å². The number of carboxylic acids is 1. The number of unbranched alkanes of at least 4 members (excludes halogenated alkanes) is 1. The molecule has 0 bridgehead atoms. The van der Waals surface area contributed by atoms with Gasteiger partial charge in [0.05, 0.1) is 12.5 Å². The zero-order valence-electron chi connectivity index (χ0n) is 20.4. The predicted octanol–water partition coefficient (Wildman–Crippen LogP) is 1.09. The van der Waals surface area contributed by atoms with Gasteiger partial charge >= 0.3 is 5.97 Å². The predicted molar refractivity (Wildman–Crippen MR) is 128 cm³/mol. The Morgan fingerprint density at radius 3 is 2.71 bits per heavy atom. The maximum atomic E-state index is 13.3. The number of likely N-dealkylation sites (tertiary alicyclic amines) is 2. The van der Waals surface area contributed by atoms with Crippen LogP contribution >= 0.6 is 0 Å². The summed E-state index contributed by atoms with van der Waals surface area (Å²) in [6, 6.07) is 5.05. The highest BCUT2D eigenvalue weighted by atomic mass is 16.7. The number of benzene rings is 1. The highest BCUT2D eigenvalue weighted by molar-refractivity contribution is 5.80. The molecule has 3 heterocycles. The summed E-state index contributed by atoms with van der Waals surface area (Å²) in [4.78, 5) is 43.7. The van der Waals surface area contributed by atoms with E-state index in [-0.39, 0.29) is 31.1 Å². The SMILES string of the molecule is CCCCN(CCN)C(=O)CN1C[C@H](c2ccc3c(c2)OCO3)[C@@H](C(=O)O)[C@@H]1CN1CCCC1=O. The molecule has 1 aromatic rings. The van der Waals surface area contributed by atoms with Gasteiger partial charge in [-0.15, -0.1) is 0 Å². The molecule has 0 aromatic heterocycles. The second-order valence-corrected chi connectivity index (χ2v) is 9.55. The van der Waals surface area contributed by atoms with Gasteiger partial charge < -0.3 is 30.1 Å². The second-order valence-electron chi connectivity index (χ2n) is 9.55. The van der Waals surface area contributed by atoms with Crippen LogP contribution in [0, 0.1) is 5.92 Å². The van der Waals surface area contributed by atoms with Crippen LogP contribution in [0.15, 0.2) is 18.2 Å². The highest BCUT2D eigenvalue weighted by Crippen LogP contribution is 2.42. The number of rotatable bonds is 11. The Morgan fingerprint density at radius 2 is 2.03 bits per heavy atom. The fourth-order valence-electron chi connectivity index (χ4n) is 5.46. The van der Waals surface area contributed by atoms with Crippen LogP contribution in [0.3, 0.4) is 0 Å². The first-order valence-corrected chi connectivity index (χ1v) is 12.5. The summed E-state index contributed by atoms with van der Waals surface area (Å²) >= 11 is 0. The Morgan fingerprint density at radius 1 is 1.23 bits per heavy atom. The second kappa shape index (κ2) is 11.3. The first-order valence-electron chi connectivity index (χ1n) is 12.5. The number of hydrogen-bond donors (Lipinski definition) is 2. The van der Waals surface area contributed by atoms with Crippen molar-refractivity contribution in [3.63, 3.8) is 0 Å². The monoisotopic (exact) mass is 488 g/mol. The van der Waals surface area contributed by atoms with Gasteiger partial charge in [-0.25, -0.2) is 0 Å². The Hall–Kier alpha value is -2.85. The van der Waals surface area contributed by atoms with E-state index in [9.17, 15) is 19.5 Å². The van der Waals surface area contributed by atoms with Crippen LogP contribution in [0.5, 0.6) is 11.5 Å². The maximum Gasteiger partial charge on any atom is 0.308 e. The zero-order valence-corrected chi connectivity index (χ0v) is 20.4. The van der Waals surface area contributed by atoms with Crippen molar-refractivity contribution in [3.8, 4) is 11.5 Å². The summed E-state index contributed by atoms with van der Waals surface area (Å²) in [6.07, 6.45) is 3.10. The van der Waals surface area contributed by atoms with Crippen LogP contribution in [0.1, 0.15) is 44.1 Å². The molecule has 2 amide bonds. The molecule has 4 rings (SSSR count). The van der Waals surface area contributed by atoms with Crippen LogP contribution in [0.2, 0.25) is 0 Å². The molecule has 0 saturated carbocycles. The van der Waals surface area contributed by atoms with Crippen molar-refractivity contribution in [2.75, 3.05) is 52.6 Å². The van der Waals surface area contributed by atoms with Crippen molar-refractivity contribution in [1.82, 2.24) is 14.7 Å². The number of hydrogen-bond acceptors (Lipinski definition) is 7. The molecule has 10 nitrogen and oxygen atoms in total. The maximum absolute atomic E-state index is 13.3. The van der Waals surface area contributed by atoms with Crippen LogP contribution in [0.4, 0.5) is 0 Å². The molecule has 2 saturated heterocycles. The number of fused-ring (bicyclic) bond motifs is 1. The first-order chi connectivity index (χ1) is 16.9. The molecule has 192 valence electrons. The van der Waals surface area contributed by atoms with E-state index in [0.29, 0.717) is 57.2 Å². The van der Waals surface area contributed by atoms with E-state index in [1.54, 1.807) is 15.9 Å². The fourth-order valence-corrected chi connectivity index (χ4v) is 5.46. The van der Waals surface area contributed by atoms with E-state index in [1.165, 1.54) is 0 Å². The first kappa shape index (κ1) is 25.2. The zero-order chi connectivity index (χ0) is 24.9. The molecule has 3 aliphatic rings. The van der Waals surface area contributed by atoms with E-state index in [2.05, 4.69) is 6.92 Å². The third-order valence-corrected chi connectivity index (χ3v) is 7.31. The smallest absolute Gasteiger partial charge is 0.308 e. The molecule has 1 aromatic carbocycles. The van der Waals surface area contributed by atoms with Gasteiger partial charge in [0, 0.05) is 57.6 Å². The Bertz CT molecular complexity index is 941. The molecule has 3 N–H and O–H groups in total. The van der Waals surface area contributed by atoms with Crippen molar-refractivity contribution < 1.29 is 29.0 Å². The van der Waals surface area contributed by atoms with Gasteiger partial charge in [0.2, 0.25) is 18.6 Å². The lowest BCUT2D eigenvalue weighted by Gasteiger charge is -2.32. The van der Waals surface area contributed by atoms with Crippen molar-refractivity contribution in [3.05, 3.63) is 23.8 Å². The van der Waals surface area contributed by atoms with Gasteiger partial charge in [0.1, 0.15) is 0 Å². The van der Waals surface area contributed by atoms with E-state index < -0.39 is 17.9 Å². The fraction of sp³-hybridized carbons (Fsp3) is 0.640. The van der Waals surface area contributed by atoms with Gasteiger partial charge in [-0.1, -0.05) is 19.4 Å². The minimum atomic E-state index is -0.927. The summed E-state index contributed by atoms with van der Waals surface area (Å²) < 4.78 is 10.9. The molecule has 0 unspecified atom stereocenters. The molecule has 10 heteroatoms. The number of nitrogens with two attached hydrogens (primary N) is 1. The molecular weight excluding hydrogens is 452 g/mol. The summed E-state index contributed by atoms with van der Waals surface area (Å²) in [5.41, 5.74) is 6.58. The third-order valence-electron chi connectivity index (χ3n) is 7.31. The van der Waals surface area contributed by atoms with E-state index >= 15 is 0 Å². The Balaban J connectivity index is 1.61. The largest absolute Gasteiger partial charge is 0.481 e. The number of aliphatic carboxylic acids is 1. The molecule has 3 atom stereocenters. The van der Waals surface area contributed by atoms with Gasteiger partial charge in [0.25, 0.3) is 0 Å². The van der Waals surface area contributed by atoms with Crippen LogP contribution in [0.25, 0.3) is 0 Å². The van der Waals surface area contributed by atoms with Gasteiger partial charge in [-0.05, 0) is 30.5 Å². The summed E-state index contributed by atoms with van der Waals surface area (Å²) in [5.74, 6) is -0.827. The minimum absolute atomic E-state index is 0.0413. The molecule has 0 radical (unpaired) electrons. The summed E-state index contributed by atoms with van der Waals surface area (Å²) in [7, 11) is 0. The Kier molecular flexibility index (Phi) is 8.12. The number of ether oxygens (including phenoxy) is 2. The molecular formula is C25H36N4O6. The lowest BCUT2D eigenvalue weighted by atomic mass is 9.85. The average molecular weight is 489 g/mol. The third kappa shape index (κ3) is 5.54. The van der Waals surface area contributed by atoms with Gasteiger partial charge in [0.15, 0.2) is 11.5 Å². The lowest BCUT2D eigenvalue weighted by Crippen LogP contribution is -2.49. The number of amides is 2. The van der Waals surface area contributed by atoms with Crippen molar-refractivity contribution >= 4 is 17.8 Å². The lowest BCUT2D eigenvalue weighted by molar-refractivity contribution is -0.144. The number of carbonyl (C=O) groups is 3. The van der Waals surface area contributed by atoms with E-state index in [0.717, 1.165) is 24.8 Å². The number of nitrogens with zero attached hydrogens (tertiary/aromatic N) is 3. The number of carbonyl (C=O) groups excluding carboxylic acids is 2. The van der Waals surface area contributed by atoms with Crippen molar-refractivity contribution in [2.45, 2.75) is 44.6 Å². The molecule has 0 spiro atoms. The summed E-state index contributed by atoms with van der Waals surface area (Å²) in [6.45, 7) is 5.10. The molecule has 0 aliphatic carbocycles. The van der Waals surface area contributed by atoms with E-state index in [1.807, 2.05) is 17.0 Å².